The van der Waals surface area contributed by atoms with E-state index in [-0.39, 0.29) is 57.2 Å². The summed E-state index contributed by atoms with van der Waals surface area (Å²) in [5, 5.41) is 35.9. The number of nitrogens with two attached hydrogens (primary N) is 3. The maximum Gasteiger partial charge on any atom is 0.326 e. The van der Waals surface area contributed by atoms with Crippen molar-refractivity contribution in [3.8, 4) is 0 Å². The highest BCUT2D eigenvalue weighted by Crippen LogP contribution is 2.20. The van der Waals surface area contributed by atoms with Gasteiger partial charge in [0, 0.05) is 26.1 Å². The fourth-order valence-corrected chi connectivity index (χ4v) is 7.02. The van der Waals surface area contributed by atoms with E-state index in [1.165, 1.54) is 16.7 Å². The monoisotopic (exact) mass is 937 g/mol. The molecule has 0 spiro atoms. The van der Waals surface area contributed by atoms with Crippen molar-refractivity contribution in [3.63, 3.8) is 0 Å². The number of hydrogen-bond acceptors (Lipinski definition) is 13. The van der Waals surface area contributed by atoms with Gasteiger partial charge in [-0.2, -0.15) is 0 Å². The number of rotatable bonds is 26. The number of carboxylic acid groups (broad SMARTS) is 2. The summed E-state index contributed by atoms with van der Waals surface area (Å²) in [6.07, 6.45) is 0.685. The van der Waals surface area contributed by atoms with Gasteiger partial charge >= 0.3 is 11.9 Å². The van der Waals surface area contributed by atoms with Crippen molar-refractivity contribution in [2.75, 3.05) is 39.3 Å². The molecule has 0 aromatic rings. The first kappa shape index (κ1) is 55.5. The molecule has 9 amide bonds. The second-order valence-corrected chi connectivity index (χ2v) is 16.8. The lowest BCUT2D eigenvalue weighted by Crippen LogP contribution is -2.57. The van der Waals surface area contributed by atoms with Gasteiger partial charge in [0.2, 0.25) is 53.2 Å². The molecule has 2 aliphatic rings. The van der Waals surface area contributed by atoms with Crippen molar-refractivity contribution >= 4 is 71.1 Å². The lowest BCUT2D eigenvalue weighted by molar-refractivity contribution is -0.144. The second-order valence-electron chi connectivity index (χ2n) is 16.8. The molecule has 370 valence electrons. The topological polar surface area (TPSA) is 409 Å². The van der Waals surface area contributed by atoms with Gasteiger partial charge in [-0.25, -0.2) is 4.79 Å². The van der Waals surface area contributed by atoms with Crippen LogP contribution in [0.4, 0.5) is 0 Å². The van der Waals surface area contributed by atoms with E-state index in [4.69, 9.17) is 17.2 Å². The summed E-state index contributed by atoms with van der Waals surface area (Å²) < 4.78 is 0. The zero-order chi connectivity index (χ0) is 49.8. The second kappa shape index (κ2) is 27.0. The third kappa shape index (κ3) is 18.1. The first-order valence-corrected chi connectivity index (χ1v) is 21.8. The van der Waals surface area contributed by atoms with Crippen LogP contribution in [0.1, 0.15) is 86.0 Å². The van der Waals surface area contributed by atoms with Crippen molar-refractivity contribution in [3.05, 3.63) is 0 Å². The van der Waals surface area contributed by atoms with Gasteiger partial charge in [0.1, 0.15) is 36.3 Å². The predicted molar refractivity (Wildman–Crippen MR) is 234 cm³/mol. The van der Waals surface area contributed by atoms with Crippen molar-refractivity contribution in [2.45, 2.75) is 128 Å². The molecule has 2 saturated heterocycles. The van der Waals surface area contributed by atoms with E-state index in [2.05, 4.69) is 42.2 Å². The molecule has 0 aliphatic carbocycles. The van der Waals surface area contributed by atoms with Crippen LogP contribution in [0.3, 0.4) is 0 Å². The quantitative estimate of drug-likeness (QED) is 0.0219. The summed E-state index contributed by atoms with van der Waals surface area (Å²) in [5.74, 6) is -9.87. The van der Waals surface area contributed by atoms with E-state index in [1.54, 1.807) is 27.7 Å². The highest BCUT2D eigenvalue weighted by molar-refractivity contribution is 5.97. The average molecular weight is 938 g/mol. The Morgan fingerprint density at radius 1 is 0.636 bits per heavy atom. The minimum atomic E-state index is -1.47. The number of carboxylic acids is 2. The molecule has 2 aliphatic heterocycles. The number of carbonyl (C=O) groups is 11. The first-order valence-electron chi connectivity index (χ1n) is 21.8. The van der Waals surface area contributed by atoms with E-state index < -0.39 is 146 Å². The van der Waals surface area contributed by atoms with Crippen LogP contribution in [0.5, 0.6) is 0 Å². The van der Waals surface area contributed by atoms with Gasteiger partial charge in [0.05, 0.1) is 25.7 Å². The van der Waals surface area contributed by atoms with Gasteiger partial charge in [0.15, 0.2) is 5.96 Å². The molecule has 0 saturated carbocycles. The maximum atomic E-state index is 13.3. The summed E-state index contributed by atoms with van der Waals surface area (Å²) in [7, 11) is 0. The van der Waals surface area contributed by atoms with Crippen LogP contribution < -0.4 is 54.4 Å². The van der Waals surface area contributed by atoms with Crippen molar-refractivity contribution < 1.29 is 63.0 Å². The minimum absolute atomic E-state index is 0.0301. The number of nitrogens with one attached hydrogen (secondary N) is 7. The molecular formula is C40H67N13O13. The largest absolute Gasteiger partial charge is 0.481 e. The van der Waals surface area contributed by atoms with E-state index in [0.717, 1.165) is 0 Å². The standard InChI is InChI=1S/C40H67N13O13/c1-20(2)31(41)37(63)48-22(5)33(59)51-32(21(3)4)38(64)45-17-27(54)49-23(12-13-30(57)58)34(60)46-18-28(55)52-15-7-10-25(52)35(61)47-19-29(56)53-16-8-11-26(53)36(62)50-24(39(65)66)9-6-14-44-40(42)43/h20-26,31-32H,6-19,41H2,1-5H3,(H,45,64)(H,46,60)(H,47,61)(H,48,63)(H,49,54)(H,50,62)(H,51,59)(H,57,58)(H,65,66)(H4,42,43,44). The third-order valence-corrected chi connectivity index (χ3v) is 10.9. The summed E-state index contributed by atoms with van der Waals surface area (Å²) >= 11 is 0. The molecule has 2 fully saturated rings. The number of likely N-dealkylation sites (tertiary alicyclic amines) is 2. The molecule has 26 nitrogen and oxygen atoms in total. The van der Waals surface area contributed by atoms with Crippen LogP contribution in [0.15, 0.2) is 4.99 Å². The molecule has 66 heavy (non-hydrogen) atoms. The van der Waals surface area contributed by atoms with Crippen molar-refractivity contribution in [1.29, 1.82) is 0 Å². The molecule has 7 unspecified atom stereocenters. The Kier molecular flexibility index (Phi) is 22.7. The molecule has 0 radical (unpaired) electrons. The lowest BCUT2D eigenvalue weighted by Gasteiger charge is -2.27. The van der Waals surface area contributed by atoms with Gasteiger partial charge < -0.3 is 74.4 Å². The molecular weight excluding hydrogens is 871 g/mol. The number of amides is 9. The molecule has 15 N–H and O–H groups in total. The van der Waals surface area contributed by atoms with Crippen LogP contribution in [-0.4, -0.2) is 173 Å². The first-order chi connectivity index (χ1) is 30.9. The van der Waals surface area contributed by atoms with Gasteiger partial charge in [-0.3, -0.25) is 52.9 Å². The van der Waals surface area contributed by atoms with Crippen LogP contribution in [0.25, 0.3) is 0 Å². The smallest absolute Gasteiger partial charge is 0.326 e. The number of guanidine groups is 1. The highest BCUT2D eigenvalue weighted by Gasteiger charge is 2.38. The van der Waals surface area contributed by atoms with E-state index >= 15 is 0 Å². The fourth-order valence-electron chi connectivity index (χ4n) is 7.02. The number of hydrogen-bond donors (Lipinski definition) is 12. The fraction of sp³-hybridized carbons (Fsp3) is 0.700. The molecule has 26 heteroatoms. The van der Waals surface area contributed by atoms with Crippen LogP contribution in [0, 0.1) is 11.8 Å². The van der Waals surface area contributed by atoms with Crippen LogP contribution in [0.2, 0.25) is 0 Å². The lowest BCUT2D eigenvalue weighted by atomic mass is 10.0. The van der Waals surface area contributed by atoms with E-state index in [0.29, 0.717) is 12.8 Å². The Labute approximate surface area is 382 Å². The molecule has 7 atom stereocenters. The summed E-state index contributed by atoms with van der Waals surface area (Å²) in [6.45, 7) is 6.75. The average Bonchev–Trinajstić information content (AvgIpc) is 3.96. The Balaban J connectivity index is 1.95. The van der Waals surface area contributed by atoms with Gasteiger partial charge in [-0.05, 0) is 63.7 Å². The Bertz CT molecular complexity index is 1820. The van der Waals surface area contributed by atoms with Crippen molar-refractivity contribution in [2.24, 2.45) is 34.0 Å². The summed E-state index contributed by atoms with van der Waals surface area (Å²) in [6, 6.07) is -7.78. The summed E-state index contributed by atoms with van der Waals surface area (Å²) in [5.41, 5.74) is 16.4. The molecule has 0 aromatic heterocycles. The van der Waals surface area contributed by atoms with Gasteiger partial charge in [-0.1, -0.05) is 27.7 Å². The van der Waals surface area contributed by atoms with E-state index in [9.17, 15) is 63.0 Å². The van der Waals surface area contributed by atoms with Crippen LogP contribution in [-0.2, 0) is 52.7 Å². The predicted octanol–water partition coefficient (Wildman–Crippen LogP) is -5.08. The highest BCUT2D eigenvalue weighted by atomic mass is 16.4. The van der Waals surface area contributed by atoms with Gasteiger partial charge in [0.25, 0.3) is 0 Å². The molecule has 2 heterocycles. The van der Waals surface area contributed by atoms with Crippen molar-refractivity contribution in [1.82, 2.24) is 47.0 Å². The SMILES string of the molecule is CC(NC(=O)C(N)C(C)C)C(=O)NC(C(=O)NCC(=O)NC(CCC(=O)O)C(=O)NCC(=O)N1CCCC1C(=O)NCC(=O)N1CCCC1C(=O)NC(CCCN=C(N)N)C(=O)O)C(C)C. The zero-order valence-corrected chi connectivity index (χ0v) is 38.1. The minimum Gasteiger partial charge on any atom is -0.481 e. The third-order valence-electron chi connectivity index (χ3n) is 10.9. The maximum absolute atomic E-state index is 13.3. The van der Waals surface area contributed by atoms with Crippen LogP contribution >= 0.6 is 0 Å². The Morgan fingerprint density at radius 2 is 1.20 bits per heavy atom. The number of aliphatic imine (C=N–C) groups is 1. The number of aliphatic carboxylic acids is 2. The molecule has 0 aromatic carbocycles. The zero-order valence-electron chi connectivity index (χ0n) is 38.1. The Morgan fingerprint density at radius 3 is 1.73 bits per heavy atom. The van der Waals surface area contributed by atoms with E-state index in [1.807, 2.05) is 0 Å². The molecule has 2 rings (SSSR count). The van der Waals surface area contributed by atoms with Gasteiger partial charge in [-0.15, -0.1) is 0 Å². The molecule has 0 bridgehead atoms. The normalized spacial score (nSPS) is 17.9. The number of carbonyl (C=O) groups excluding carboxylic acids is 9. The Hall–Kier alpha value is -6.60. The summed E-state index contributed by atoms with van der Waals surface area (Å²) in [4.78, 5) is 146. The number of nitrogens with zero attached hydrogens (tertiary/aromatic N) is 3.